The molecule has 0 radical (unpaired) electrons. The van der Waals surface area contributed by atoms with Crippen LogP contribution in [0.3, 0.4) is 0 Å². The number of anilines is 1. The van der Waals surface area contributed by atoms with Crippen molar-refractivity contribution in [2.75, 3.05) is 31.6 Å². The number of para-hydroxylation sites is 1. The molecule has 1 aromatic rings. The molecule has 0 bridgehead atoms. The molecule has 5 nitrogen and oxygen atoms in total. The van der Waals surface area contributed by atoms with Crippen molar-refractivity contribution >= 4 is 11.8 Å². The first kappa shape index (κ1) is 17.3. The fraction of sp³-hybridized carbons (Fsp3) is 0.562. The van der Waals surface area contributed by atoms with Crippen LogP contribution in [0.2, 0.25) is 0 Å². The van der Waals surface area contributed by atoms with Crippen LogP contribution >= 0.6 is 0 Å². The predicted octanol–water partition coefficient (Wildman–Crippen LogP) is 2.95. The molecule has 0 aliphatic rings. The normalized spacial score (nSPS) is 11.0. The Hall–Kier alpha value is -1.75. The topological polar surface area (TPSA) is 59.6 Å². The monoisotopic (exact) mass is 294 g/mol. The van der Waals surface area contributed by atoms with Gasteiger partial charge in [0.05, 0.1) is 13.2 Å². The van der Waals surface area contributed by atoms with Gasteiger partial charge in [0.15, 0.2) is 0 Å². The number of hydrogen-bond donors (Lipinski definition) is 2. The molecule has 0 heterocycles. The van der Waals surface area contributed by atoms with Crippen molar-refractivity contribution in [1.82, 2.24) is 5.32 Å². The first-order valence-electron chi connectivity index (χ1n) is 7.22. The van der Waals surface area contributed by atoms with Gasteiger partial charge in [0, 0.05) is 18.8 Å². The summed E-state index contributed by atoms with van der Waals surface area (Å²) in [7, 11) is 0. The summed E-state index contributed by atoms with van der Waals surface area (Å²) >= 11 is 0. The number of ether oxygens (including phenoxy) is 2. The lowest BCUT2D eigenvalue weighted by atomic mass is 10.2. The summed E-state index contributed by atoms with van der Waals surface area (Å²) in [5.41, 5.74) is 1.86. The molecule has 0 aromatic heterocycles. The van der Waals surface area contributed by atoms with E-state index in [1.807, 2.05) is 39.0 Å². The number of nitrogens with one attached hydrogen (secondary N) is 2. The summed E-state index contributed by atoms with van der Waals surface area (Å²) < 4.78 is 10.6. The van der Waals surface area contributed by atoms with Crippen molar-refractivity contribution in [3.63, 3.8) is 0 Å². The molecule has 0 aliphatic carbocycles. The Morgan fingerprint density at radius 2 is 1.81 bits per heavy atom. The molecule has 1 rings (SSSR count). The summed E-state index contributed by atoms with van der Waals surface area (Å²) in [5, 5.41) is 5.96. The molecule has 0 saturated heterocycles. The van der Waals surface area contributed by atoms with Crippen molar-refractivity contribution in [3.8, 4) is 0 Å². The maximum absolute atomic E-state index is 11.4. The van der Waals surface area contributed by atoms with Gasteiger partial charge in [-0.3, -0.25) is 0 Å². The zero-order valence-electron chi connectivity index (χ0n) is 13.4. The zero-order chi connectivity index (χ0) is 15.7. The lowest BCUT2D eigenvalue weighted by Crippen LogP contribution is -2.34. The van der Waals surface area contributed by atoms with Crippen LogP contribution in [0.4, 0.5) is 10.5 Å². The Morgan fingerprint density at radius 1 is 1.14 bits per heavy atom. The van der Waals surface area contributed by atoms with Crippen LogP contribution in [0, 0.1) is 6.92 Å². The van der Waals surface area contributed by atoms with Crippen LogP contribution in [0.15, 0.2) is 24.3 Å². The van der Waals surface area contributed by atoms with E-state index in [2.05, 4.69) is 23.6 Å². The van der Waals surface area contributed by atoms with E-state index >= 15 is 0 Å². The SMILES string of the molecule is Cc1ccccc1NCCOCCNC(=O)OC(C)(C)C. The quantitative estimate of drug-likeness (QED) is 0.759. The molecular weight excluding hydrogens is 268 g/mol. The number of rotatable bonds is 7. The van der Waals surface area contributed by atoms with Gasteiger partial charge in [0.2, 0.25) is 0 Å². The first-order chi connectivity index (χ1) is 9.88. The van der Waals surface area contributed by atoms with Crippen molar-refractivity contribution < 1.29 is 14.3 Å². The van der Waals surface area contributed by atoms with Gasteiger partial charge in [0.1, 0.15) is 5.60 Å². The minimum Gasteiger partial charge on any atom is -0.444 e. The number of amides is 1. The van der Waals surface area contributed by atoms with E-state index in [0.717, 1.165) is 12.2 Å². The van der Waals surface area contributed by atoms with E-state index in [4.69, 9.17) is 9.47 Å². The molecule has 1 amide bonds. The van der Waals surface area contributed by atoms with E-state index in [9.17, 15) is 4.79 Å². The van der Waals surface area contributed by atoms with Crippen molar-refractivity contribution in [2.45, 2.75) is 33.3 Å². The van der Waals surface area contributed by atoms with Gasteiger partial charge in [-0.25, -0.2) is 4.79 Å². The van der Waals surface area contributed by atoms with E-state index in [1.54, 1.807) is 0 Å². The number of alkyl carbamates (subject to hydrolysis) is 1. The molecule has 0 atom stereocenters. The Morgan fingerprint density at radius 3 is 2.48 bits per heavy atom. The molecule has 0 aliphatic heterocycles. The van der Waals surface area contributed by atoms with Gasteiger partial charge < -0.3 is 20.1 Å². The van der Waals surface area contributed by atoms with Crippen LogP contribution in [0.25, 0.3) is 0 Å². The molecule has 0 fully saturated rings. The Labute approximate surface area is 127 Å². The highest BCUT2D eigenvalue weighted by atomic mass is 16.6. The van der Waals surface area contributed by atoms with Crippen LogP contribution in [0.1, 0.15) is 26.3 Å². The number of carbonyl (C=O) groups excluding carboxylic acids is 1. The molecule has 0 saturated carbocycles. The first-order valence-corrected chi connectivity index (χ1v) is 7.22. The van der Waals surface area contributed by atoms with Crippen LogP contribution < -0.4 is 10.6 Å². The second kappa shape index (κ2) is 8.52. The van der Waals surface area contributed by atoms with E-state index in [0.29, 0.717) is 19.8 Å². The maximum atomic E-state index is 11.4. The Kier molecular flexibility index (Phi) is 7.02. The van der Waals surface area contributed by atoms with Gasteiger partial charge in [-0.2, -0.15) is 0 Å². The van der Waals surface area contributed by atoms with Gasteiger partial charge in [-0.05, 0) is 39.3 Å². The van der Waals surface area contributed by atoms with Crippen LogP contribution in [0.5, 0.6) is 0 Å². The average Bonchev–Trinajstić information content (AvgIpc) is 2.37. The second-order valence-corrected chi connectivity index (χ2v) is 5.78. The summed E-state index contributed by atoms with van der Waals surface area (Å²) in [4.78, 5) is 11.4. The minimum absolute atomic E-state index is 0.413. The molecule has 1 aromatic carbocycles. The van der Waals surface area contributed by atoms with Crippen molar-refractivity contribution in [1.29, 1.82) is 0 Å². The molecule has 5 heteroatoms. The average molecular weight is 294 g/mol. The third-order valence-electron chi connectivity index (χ3n) is 2.62. The summed E-state index contributed by atoms with van der Waals surface area (Å²) in [6.45, 7) is 9.80. The Balaban J connectivity index is 2.03. The summed E-state index contributed by atoms with van der Waals surface area (Å²) in [5.74, 6) is 0. The van der Waals surface area contributed by atoms with Crippen molar-refractivity contribution in [3.05, 3.63) is 29.8 Å². The molecular formula is C16H26N2O3. The van der Waals surface area contributed by atoms with E-state index in [-0.39, 0.29) is 0 Å². The molecule has 21 heavy (non-hydrogen) atoms. The van der Waals surface area contributed by atoms with Gasteiger partial charge in [-0.1, -0.05) is 18.2 Å². The second-order valence-electron chi connectivity index (χ2n) is 5.78. The minimum atomic E-state index is -0.470. The van der Waals surface area contributed by atoms with Crippen molar-refractivity contribution in [2.24, 2.45) is 0 Å². The fourth-order valence-corrected chi connectivity index (χ4v) is 1.67. The fourth-order valence-electron chi connectivity index (χ4n) is 1.67. The molecule has 2 N–H and O–H groups in total. The summed E-state index contributed by atoms with van der Waals surface area (Å²) in [6, 6.07) is 8.12. The zero-order valence-corrected chi connectivity index (χ0v) is 13.4. The van der Waals surface area contributed by atoms with Gasteiger partial charge >= 0.3 is 6.09 Å². The highest BCUT2D eigenvalue weighted by Crippen LogP contribution is 2.12. The number of carbonyl (C=O) groups is 1. The van der Waals surface area contributed by atoms with Crippen LogP contribution in [-0.4, -0.2) is 38.0 Å². The third-order valence-corrected chi connectivity index (χ3v) is 2.62. The molecule has 118 valence electrons. The lowest BCUT2D eigenvalue weighted by Gasteiger charge is -2.19. The highest BCUT2D eigenvalue weighted by molar-refractivity contribution is 5.67. The highest BCUT2D eigenvalue weighted by Gasteiger charge is 2.15. The smallest absolute Gasteiger partial charge is 0.407 e. The Bertz CT molecular complexity index is 441. The van der Waals surface area contributed by atoms with Gasteiger partial charge in [0.25, 0.3) is 0 Å². The van der Waals surface area contributed by atoms with E-state index < -0.39 is 11.7 Å². The standard InChI is InChI=1S/C16H26N2O3/c1-13-7-5-6-8-14(13)17-9-11-20-12-10-18-15(19)21-16(2,3)4/h5-8,17H,9-12H2,1-4H3,(H,18,19). The largest absolute Gasteiger partial charge is 0.444 e. The molecule has 0 spiro atoms. The van der Waals surface area contributed by atoms with Crippen LogP contribution in [-0.2, 0) is 9.47 Å². The van der Waals surface area contributed by atoms with Gasteiger partial charge in [-0.15, -0.1) is 0 Å². The number of hydrogen-bond acceptors (Lipinski definition) is 4. The van der Waals surface area contributed by atoms with E-state index in [1.165, 1.54) is 5.56 Å². The number of benzene rings is 1. The maximum Gasteiger partial charge on any atom is 0.407 e. The summed E-state index contributed by atoms with van der Waals surface area (Å²) in [6.07, 6.45) is -0.413. The number of aryl methyl sites for hydroxylation is 1. The predicted molar refractivity (Wildman–Crippen MR) is 84.7 cm³/mol. The molecule has 0 unspecified atom stereocenters. The lowest BCUT2D eigenvalue weighted by molar-refractivity contribution is 0.0502. The third kappa shape index (κ3) is 8.19.